The van der Waals surface area contributed by atoms with Crippen molar-refractivity contribution in [3.05, 3.63) is 55.2 Å². The molecule has 0 radical (unpaired) electrons. The highest BCUT2D eigenvalue weighted by Crippen LogP contribution is 2.34. The standard InChI is InChI=1S/C23H22N8/c1-30-6-8-31(9-7-30)21-14-25-13-20-17(21)11-19(27-20)22-18-10-16(12-26-23(18)29-28-22)15-2-4-24-5-3-15/h2-5,10-14,27H,6-9H2,1H3,(H,26,28,29). The summed E-state index contributed by atoms with van der Waals surface area (Å²) >= 11 is 0. The van der Waals surface area contributed by atoms with Crippen LogP contribution in [0.15, 0.2) is 55.2 Å². The van der Waals surface area contributed by atoms with Gasteiger partial charge < -0.3 is 14.8 Å². The molecule has 0 unspecified atom stereocenters. The lowest BCUT2D eigenvalue weighted by atomic mass is 10.1. The number of nitrogens with zero attached hydrogens (tertiary/aromatic N) is 6. The maximum atomic E-state index is 4.55. The van der Waals surface area contributed by atoms with Crippen LogP contribution in [0, 0.1) is 0 Å². The fraction of sp³-hybridized carbons (Fsp3) is 0.217. The van der Waals surface area contributed by atoms with Crippen molar-refractivity contribution in [1.29, 1.82) is 0 Å². The van der Waals surface area contributed by atoms with Crippen LogP contribution in [0.5, 0.6) is 0 Å². The van der Waals surface area contributed by atoms with E-state index in [1.165, 1.54) is 11.1 Å². The van der Waals surface area contributed by atoms with Gasteiger partial charge in [-0.25, -0.2) is 4.98 Å². The molecule has 154 valence electrons. The van der Waals surface area contributed by atoms with Crippen molar-refractivity contribution in [2.75, 3.05) is 38.1 Å². The van der Waals surface area contributed by atoms with Gasteiger partial charge in [-0.15, -0.1) is 0 Å². The average Bonchev–Trinajstić information content (AvgIpc) is 3.43. The summed E-state index contributed by atoms with van der Waals surface area (Å²) in [7, 11) is 2.17. The van der Waals surface area contributed by atoms with Crippen molar-refractivity contribution in [1.82, 2.24) is 35.0 Å². The van der Waals surface area contributed by atoms with Crippen molar-refractivity contribution >= 4 is 27.6 Å². The monoisotopic (exact) mass is 410 g/mol. The lowest BCUT2D eigenvalue weighted by molar-refractivity contribution is 0.313. The average molecular weight is 410 g/mol. The number of nitrogens with one attached hydrogen (secondary N) is 2. The minimum atomic E-state index is 0.698. The van der Waals surface area contributed by atoms with Crippen molar-refractivity contribution in [2.45, 2.75) is 0 Å². The van der Waals surface area contributed by atoms with E-state index in [1.807, 2.05) is 30.7 Å². The molecule has 1 aliphatic rings. The van der Waals surface area contributed by atoms with Gasteiger partial charge in [0.05, 0.1) is 35.0 Å². The summed E-state index contributed by atoms with van der Waals surface area (Å²) in [5, 5.41) is 9.76. The first-order valence-corrected chi connectivity index (χ1v) is 10.4. The number of aromatic nitrogens is 6. The molecule has 0 atom stereocenters. The number of aromatic amines is 2. The molecule has 6 heterocycles. The third kappa shape index (κ3) is 3.12. The first kappa shape index (κ1) is 18.0. The first-order chi connectivity index (χ1) is 15.3. The Morgan fingerprint density at radius 1 is 0.871 bits per heavy atom. The summed E-state index contributed by atoms with van der Waals surface area (Å²) < 4.78 is 0. The van der Waals surface area contributed by atoms with Gasteiger partial charge in [-0.2, -0.15) is 5.10 Å². The molecule has 0 aromatic carbocycles. The molecule has 2 N–H and O–H groups in total. The minimum Gasteiger partial charge on any atom is -0.367 e. The van der Waals surface area contributed by atoms with E-state index in [4.69, 9.17) is 0 Å². The molecule has 5 aromatic rings. The Kier molecular flexibility index (Phi) is 4.17. The minimum absolute atomic E-state index is 0.698. The third-order valence-corrected chi connectivity index (χ3v) is 6.06. The van der Waals surface area contributed by atoms with Crippen molar-refractivity contribution < 1.29 is 0 Å². The van der Waals surface area contributed by atoms with Crippen LogP contribution >= 0.6 is 0 Å². The molecule has 5 aromatic heterocycles. The quantitative estimate of drug-likeness (QED) is 0.474. The normalized spacial score (nSPS) is 15.2. The van der Waals surface area contributed by atoms with Crippen LogP contribution < -0.4 is 4.90 Å². The number of piperazine rings is 1. The zero-order valence-corrected chi connectivity index (χ0v) is 17.2. The van der Waals surface area contributed by atoms with E-state index in [1.54, 1.807) is 12.4 Å². The molecule has 1 fully saturated rings. The fourth-order valence-corrected chi connectivity index (χ4v) is 4.28. The number of likely N-dealkylation sites (N-methyl/N-ethyl adjacent to an activating group) is 1. The van der Waals surface area contributed by atoms with Crippen LogP contribution in [0.2, 0.25) is 0 Å². The highest BCUT2D eigenvalue weighted by atomic mass is 15.3. The first-order valence-electron chi connectivity index (χ1n) is 10.4. The van der Waals surface area contributed by atoms with Crippen LogP contribution in [0.25, 0.3) is 44.5 Å². The summed E-state index contributed by atoms with van der Waals surface area (Å²) in [6, 6.07) is 8.29. The molecule has 8 heteroatoms. The summed E-state index contributed by atoms with van der Waals surface area (Å²) in [6.45, 7) is 4.12. The molecular weight excluding hydrogens is 388 g/mol. The molecule has 0 bridgehead atoms. The van der Waals surface area contributed by atoms with Gasteiger partial charge in [0.25, 0.3) is 0 Å². The zero-order valence-electron chi connectivity index (χ0n) is 17.2. The molecule has 6 rings (SSSR count). The van der Waals surface area contributed by atoms with Crippen LogP contribution in [-0.2, 0) is 0 Å². The van der Waals surface area contributed by atoms with E-state index in [0.29, 0.717) is 5.65 Å². The van der Waals surface area contributed by atoms with Crippen LogP contribution in [0.4, 0.5) is 5.69 Å². The third-order valence-electron chi connectivity index (χ3n) is 6.06. The van der Waals surface area contributed by atoms with E-state index in [-0.39, 0.29) is 0 Å². The maximum absolute atomic E-state index is 4.55. The number of hydrogen-bond acceptors (Lipinski definition) is 6. The van der Waals surface area contributed by atoms with E-state index >= 15 is 0 Å². The molecule has 1 aliphatic heterocycles. The molecule has 1 saturated heterocycles. The summed E-state index contributed by atoms with van der Waals surface area (Å²) in [6.07, 6.45) is 9.29. The predicted molar refractivity (Wildman–Crippen MR) is 122 cm³/mol. The van der Waals surface area contributed by atoms with Crippen molar-refractivity contribution in [3.63, 3.8) is 0 Å². The van der Waals surface area contributed by atoms with E-state index < -0.39 is 0 Å². The Bertz CT molecular complexity index is 1360. The predicted octanol–water partition coefficient (Wildman–Crippen LogP) is 3.32. The number of hydrogen-bond donors (Lipinski definition) is 2. The Morgan fingerprint density at radius 3 is 2.55 bits per heavy atom. The number of fused-ring (bicyclic) bond motifs is 2. The fourth-order valence-electron chi connectivity index (χ4n) is 4.28. The van der Waals surface area contributed by atoms with Crippen LogP contribution in [0.1, 0.15) is 0 Å². The van der Waals surface area contributed by atoms with Crippen LogP contribution in [-0.4, -0.2) is 68.3 Å². The van der Waals surface area contributed by atoms with Gasteiger partial charge in [0.1, 0.15) is 0 Å². The Hall–Kier alpha value is -3.78. The van der Waals surface area contributed by atoms with Gasteiger partial charge in [-0.05, 0) is 36.9 Å². The zero-order chi connectivity index (χ0) is 20.8. The van der Waals surface area contributed by atoms with Gasteiger partial charge >= 0.3 is 0 Å². The lowest BCUT2D eigenvalue weighted by Crippen LogP contribution is -2.44. The second-order valence-electron chi connectivity index (χ2n) is 8.02. The summed E-state index contributed by atoms with van der Waals surface area (Å²) in [5.41, 5.74) is 6.92. The summed E-state index contributed by atoms with van der Waals surface area (Å²) in [4.78, 5) is 21.5. The van der Waals surface area contributed by atoms with Crippen molar-refractivity contribution in [2.24, 2.45) is 0 Å². The Morgan fingerprint density at radius 2 is 1.71 bits per heavy atom. The van der Waals surface area contributed by atoms with Gasteiger partial charge in [0, 0.05) is 61.1 Å². The summed E-state index contributed by atoms with van der Waals surface area (Å²) in [5.74, 6) is 0. The second-order valence-corrected chi connectivity index (χ2v) is 8.02. The van der Waals surface area contributed by atoms with Gasteiger partial charge in [0.15, 0.2) is 5.65 Å². The molecular formula is C23H22N8. The molecule has 31 heavy (non-hydrogen) atoms. The molecule has 0 spiro atoms. The largest absolute Gasteiger partial charge is 0.367 e. The van der Waals surface area contributed by atoms with Crippen LogP contribution in [0.3, 0.4) is 0 Å². The molecule has 0 saturated carbocycles. The topological polar surface area (TPSA) is 89.6 Å². The number of anilines is 1. The Balaban J connectivity index is 1.44. The van der Waals surface area contributed by atoms with Gasteiger partial charge in [-0.3, -0.25) is 15.1 Å². The molecule has 0 aliphatic carbocycles. The molecule has 8 nitrogen and oxygen atoms in total. The van der Waals surface area contributed by atoms with Gasteiger partial charge in [-0.1, -0.05) is 0 Å². The number of H-pyrrole nitrogens is 2. The smallest absolute Gasteiger partial charge is 0.181 e. The number of pyridine rings is 3. The second kappa shape index (κ2) is 7.17. The molecule has 0 amide bonds. The number of rotatable bonds is 3. The maximum Gasteiger partial charge on any atom is 0.181 e. The lowest BCUT2D eigenvalue weighted by Gasteiger charge is -2.34. The van der Waals surface area contributed by atoms with Crippen molar-refractivity contribution in [3.8, 4) is 22.5 Å². The highest BCUT2D eigenvalue weighted by molar-refractivity contribution is 5.99. The Labute approximate surface area is 179 Å². The van der Waals surface area contributed by atoms with E-state index in [9.17, 15) is 0 Å². The highest BCUT2D eigenvalue weighted by Gasteiger charge is 2.19. The SMILES string of the molecule is CN1CCN(c2cncc3[nH]c(-c4[nH]nc5ncc(-c6ccncc6)cc45)cc23)CC1. The van der Waals surface area contributed by atoms with Gasteiger partial charge in [0.2, 0.25) is 0 Å². The van der Waals surface area contributed by atoms with E-state index in [0.717, 1.165) is 59.6 Å². The van der Waals surface area contributed by atoms with E-state index in [2.05, 4.69) is 59.1 Å².